The molecule has 0 N–H and O–H groups in total. The van der Waals surface area contributed by atoms with Crippen molar-refractivity contribution in [3.05, 3.63) is 35.4 Å². The highest BCUT2D eigenvalue weighted by Gasteiger charge is 2.24. The van der Waals surface area contributed by atoms with Crippen LogP contribution in [-0.2, 0) is 21.3 Å². The maximum atomic E-state index is 5.75. The summed E-state index contributed by atoms with van der Waals surface area (Å²) in [6.07, 6.45) is 1.84. The summed E-state index contributed by atoms with van der Waals surface area (Å²) >= 11 is 5.75. The average molecular weight is 283 g/mol. The fourth-order valence-corrected chi connectivity index (χ4v) is 2.36. The molecule has 2 unspecified atom stereocenters. The standard InChI is InChI=1S/C16H23ClO2/c1-16(2,3)13-7-4-12(5-8-13)6-9-15-18-11-14(10-17)19-15/h4-5,7-8,14-15H,6,9-11H2,1-3H3. The van der Waals surface area contributed by atoms with Gasteiger partial charge in [0.2, 0.25) is 0 Å². The minimum Gasteiger partial charge on any atom is -0.350 e. The average Bonchev–Trinajstić information content (AvgIpc) is 2.84. The highest BCUT2D eigenvalue weighted by Crippen LogP contribution is 2.23. The minimum atomic E-state index is -0.0916. The van der Waals surface area contributed by atoms with Gasteiger partial charge in [-0.15, -0.1) is 11.6 Å². The highest BCUT2D eigenvalue weighted by atomic mass is 35.5. The molecule has 19 heavy (non-hydrogen) atoms. The van der Waals surface area contributed by atoms with E-state index in [1.54, 1.807) is 0 Å². The van der Waals surface area contributed by atoms with E-state index in [9.17, 15) is 0 Å². The van der Waals surface area contributed by atoms with Crippen LogP contribution in [0, 0.1) is 0 Å². The predicted molar refractivity (Wildman–Crippen MR) is 78.8 cm³/mol. The number of aryl methyl sites for hydroxylation is 1. The Labute approximate surface area is 121 Å². The van der Waals surface area contributed by atoms with Crippen molar-refractivity contribution in [3.63, 3.8) is 0 Å². The Balaban J connectivity index is 1.84. The fourth-order valence-electron chi connectivity index (χ4n) is 2.20. The van der Waals surface area contributed by atoms with Gasteiger partial charge in [0.05, 0.1) is 18.6 Å². The zero-order valence-corrected chi connectivity index (χ0v) is 12.7. The van der Waals surface area contributed by atoms with Gasteiger partial charge in [-0.3, -0.25) is 0 Å². The van der Waals surface area contributed by atoms with Crippen molar-refractivity contribution < 1.29 is 9.47 Å². The van der Waals surface area contributed by atoms with Crippen LogP contribution < -0.4 is 0 Å². The first-order valence-electron chi connectivity index (χ1n) is 6.91. The number of hydrogen-bond acceptors (Lipinski definition) is 2. The summed E-state index contributed by atoms with van der Waals surface area (Å²) in [4.78, 5) is 0. The van der Waals surface area contributed by atoms with Gasteiger partial charge in [0.1, 0.15) is 0 Å². The molecule has 2 nitrogen and oxygen atoms in total. The number of halogens is 1. The van der Waals surface area contributed by atoms with Crippen molar-refractivity contribution in [3.8, 4) is 0 Å². The first-order valence-corrected chi connectivity index (χ1v) is 7.45. The van der Waals surface area contributed by atoms with Crippen molar-refractivity contribution in [1.29, 1.82) is 0 Å². The number of alkyl halides is 1. The normalized spacial score (nSPS) is 23.8. The Morgan fingerprint density at radius 1 is 1.21 bits per heavy atom. The molecule has 0 radical (unpaired) electrons. The van der Waals surface area contributed by atoms with E-state index in [2.05, 4.69) is 45.0 Å². The van der Waals surface area contributed by atoms with Gasteiger partial charge in [0.25, 0.3) is 0 Å². The molecular formula is C16H23ClO2. The van der Waals surface area contributed by atoms with Crippen molar-refractivity contribution >= 4 is 11.6 Å². The van der Waals surface area contributed by atoms with Crippen LogP contribution in [0.2, 0.25) is 0 Å². The summed E-state index contributed by atoms with van der Waals surface area (Å²) < 4.78 is 11.2. The van der Waals surface area contributed by atoms with Crippen molar-refractivity contribution in [2.24, 2.45) is 0 Å². The molecule has 1 fully saturated rings. The molecule has 0 spiro atoms. The number of hydrogen-bond donors (Lipinski definition) is 0. The lowest BCUT2D eigenvalue weighted by molar-refractivity contribution is -0.0582. The van der Waals surface area contributed by atoms with Gasteiger partial charge in [-0.05, 0) is 23.0 Å². The molecule has 106 valence electrons. The lowest BCUT2D eigenvalue weighted by Crippen LogP contribution is -2.14. The lowest BCUT2D eigenvalue weighted by Gasteiger charge is -2.19. The molecular weight excluding hydrogens is 260 g/mol. The largest absolute Gasteiger partial charge is 0.350 e. The quantitative estimate of drug-likeness (QED) is 0.780. The van der Waals surface area contributed by atoms with Gasteiger partial charge in [-0.1, -0.05) is 45.0 Å². The van der Waals surface area contributed by atoms with Gasteiger partial charge >= 0.3 is 0 Å². The van der Waals surface area contributed by atoms with Gasteiger partial charge in [0.15, 0.2) is 6.29 Å². The van der Waals surface area contributed by atoms with Crippen LogP contribution in [0.4, 0.5) is 0 Å². The second-order valence-corrected chi connectivity index (χ2v) is 6.47. The number of rotatable bonds is 4. The second-order valence-electron chi connectivity index (χ2n) is 6.16. The lowest BCUT2D eigenvalue weighted by atomic mass is 9.86. The van der Waals surface area contributed by atoms with E-state index in [1.165, 1.54) is 11.1 Å². The summed E-state index contributed by atoms with van der Waals surface area (Å²) in [5.74, 6) is 0.511. The minimum absolute atomic E-state index is 0.0648. The Hall–Kier alpha value is -0.570. The Morgan fingerprint density at radius 2 is 1.89 bits per heavy atom. The van der Waals surface area contributed by atoms with E-state index >= 15 is 0 Å². The molecule has 1 aromatic carbocycles. The molecule has 0 bridgehead atoms. The maximum Gasteiger partial charge on any atom is 0.158 e. The van der Waals surface area contributed by atoms with E-state index in [0.717, 1.165) is 12.8 Å². The third kappa shape index (κ3) is 4.20. The van der Waals surface area contributed by atoms with Crippen LogP contribution in [0.1, 0.15) is 38.3 Å². The zero-order valence-electron chi connectivity index (χ0n) is 12.0. The topological polar surface area (TPSA) is 18.5 Å². The van der Waals surface area contributed by atoms with Crippen LogP contribution in [-0.4, -0.2) is 24.9 Å². The van der Waals surface area contributed by atoms with Crippen LogP contribution in [0.5, 0.6) is 0 Å². The molecule has 0 amide bonds. The Kier molecular flexibility index (Phi) is 4.88. The third-order valence-corrected chi connectivity index (χ3v) is 3.82. The van der Waals surface area contributed by atoms with E-state index in [-0.39, 0.29) is 17.8 Å². The molecule has 1 aromatic rings. The molecule has 3 heteroatoms. The summed E-state index contributed by atoms with van der Waals surface area (Å²) in [5, 5.41) is 0. The summed E-state index contributed by atoms with van der Waals surface area (Å²) in [6.45, 7) is 7.31. The number of benzene rings is 1. The molecule has 0 saturated carbocycles. The van der Waals surface area contributed by atoms with Crippen LogP contribution in [0.3, 0.4) is 0 Å². The van der Waals surface area contributed by atoms with E-state index in [1.807, 2.05) is 0 Å². The summed E-state index contributed by atoms with van der Waals surface area (Å²) in [5.41, 5.74) is 2.91. The van der Waals surface area contributed by atoms with E-state index in [0.29, 0.717) is 12.5 Å². The van der Waals surface area contributed by atoms with Gasteiger partial charge in [-0.25, -0.2) is 0 Å². The van der Waals surface area contributed by atoms with Crippen molar-refractivity contribution in [2.45, 2.75) is 51.4 Å². The Bertz CT molecular complexity index is 394. The second kappa shape index (κ2) is 6.25. The van der Waals surface area contributed by atoms with Crippen molar-refractivity contribution in [2.75, 3.05) is 12.5 Å². The molecule has 0 aliphatic carbocycles. The monoisotopic (exact) mass is 282 g/mol. The van der Waals surface area contributed by atoms with Crippen molar-refractivity contribution in [1.82, 2.24) is 0 Å². The molecule has 1 aliphatic heterocycles. The third-order valence-electron chi connectivity index (χ3n) is 3.47. The van der Waals surface area contributed by atoms with E-state index in [4.69, 9.17) is 21.1 Å². The van der Waals surface area contributed by atoms with Crippen LogP contribution in [0.25, 0.3) is 0 Å². The van der Waals surface area contributed by atoms with Gasteiger partial charge in [0, 0.05) is 6.42 Å². The number of ether oxygens (including phenoxy) is 2. The van der Waals surface area contributed by atoms with Gasteiger partial charge in [-0.2, -0.15) is 0 Å². The maximum absolute atomic E-state index is 5.75. The Morgan fingerprint density at radius 3 is 2.42 bits per heavy atom. The molecule has 1 saturated heterocycles. The highest BCUT2D eigenvalue weighted by molar-refractivity contribution is 6.18. The SMILES string of the molecule is CC(C)(C)c1ccc(CCC2OCC(CCl)O2)cc1. The van der Waals surface area contributed by atoms with Crippen LogP contribution in [0.15, 0.2) is 24.3 Å². The first-order chi connectivity index (χ1) is 8.99. The zero-order chi connectivity index (χ0) is 13.9. The molecule has 2 atom stereocenters. The molecule has 1 heterocycles. The molecule has 2 rings (SSSR count). The fraction of sp³-hybridized carbons (Fsp3) is 0.625. The molecule has 1 aliphatic rings. The molecule has 0 aromatic heterocycles. The predicted octanol–water partition coefficient (Wildman–Crippen LogP) is 3.90. The summed E-state index contributed by atoms with van der Waals surface area (Å²) in [6, 6.07) is 8.84. The van der Waals surface area contributed by atoms with Crippen LogP contribution >= 0.6 is 11.6 Å². The summed E-state index contributed by atoms with van der Waals surface area (Å²) in [7, 11) is 0. The first kappa shape index (κ1) is 14.8. The van der Waals surface area contributed by atoms with Gasteiger partial charge < -0.3 is 9.47 Å². The smallest absolute Gasteiger partial charge is 0.158 e. The van der Waals surface area contributed by atoms with E-state index < -0.39 is 0 Å².